The van der Waals surface area contributed by atoms with Crippen molar-refractivity contribution in [3.05, 3.63) is 71.1 Å². The Labute approximate surface area is 216 Å². The molecule has 1 amide bonds. The van der Waals surface area contributed by atoms with Crippen molar-refractivity contribution in [1.29, 1.82) is 0 Å². The van der Waals surface area contributed by atoms with E-state index in [9.17, 15) is 9.90 Å². The third-order valence-electron chi connectivity index (χ3n) is 6.98. The molecule has 190 valence electrons. The number of likely N-dealkylation sites (tertiary alicyclic amines) is 1. The highest BCUT2D eigenvalue weighted by Crippen LogP contribution is 2.36. The minimum Gasteiger partial charge on any atom is -0.490 e. The van der Waals surface area contributed by atoms with Crippen molar-refractivity contribution in [3.63, 3.8) is 0 Å². The maximum Gasteiger partial charge on any atom is 0.246 e. The monoisotopic (exact) mass is 506 g/mol. The molecule has 2 saturated heterocycles. The summed E-state index contributed by atoms with van der Waals surface area (Å²) in [5.74, 6) is 1.25. The molecule has 6 nitrogen and oxygen atoms in total. The first kappa shape index (κ1) is 25.0. The van der Waals surface area contributed by atoms with Gasteiger partial charge in [0.05, 0.1) is 13.2 Å². The number of hydrogen-bond acceptors (Lipinski definition) is 6. The van der Waals surface area contributed by atoms with E-state index in [0.717, 1.165) is 31.5 Å². The summed E-state index contributed by atoms with van der Waals surface area (Å²) in [6.45, 7) is 5.20. The molecule has 1 aromatic heterocycles. The van der Waals surface area contributed by atoms with E-state index in [-0.39, 0.29) is 12.5 Å². The van der Waals surface area contributed by atoms with Crippen LogP contribution in [0.1, 0.15) is 29.2 Å². The van der Waals surface area contributed by atoms with Gasteiger partial charge in [-0.1, -0.05) is 36.4 Å². The smallest absolute Gasteiger partial charge is 0.246 e. The van der Waals surface area contributed by atoms with E-state index >= 15 is 0 Å². The second kappa shape index (κ2) is 12.0. The second-order valence-corrected chi connectivity index (χ2v) is 10.7. The average molecular weight is 507 g/mol. The number of para-hydroxylation sites is 1. The van der Waals surface area contributed by atoms with Crippen LogP contribution in [0.15, 0.2) is 60.7 Å². The van der Waals surface area contributed by atoms with Gasteiger partial charge in [-0.3, -0.25) is 4.79 Å². The summed E-state index contributed by atoms with van der Waals surface area (Å²) in [5, 5.41) is 12.0. The van der Waals surface area contributed by atoms with Crippen LogP contribution < -0.4 is 4.74 Å². The lowest BCUT2D eigenvalue weighted by atomic mass is 9.95. The van der Waals surface area contributed by atoms with E-state index in [1.54, 1.807) is 17.1 Å². The van der Waals surface area contributed by atoms with Gasteiger partial charge in [0.2, 0.25) is 5.91 Å². The number of amides is 1. The summed E-state index contributed by atoms with van der Waals surface area (Å²) in [5.41, 5.74) is 0.829. The fourth-order valence-corrected chi connectivity index (χ4v) is 6.17. The normalized spacial score (nSPS) is 18.6. The van der Waals surface area contributed by atoms with Crippen LogP contribution in [0.25, 0.3) is 16.2 Å². The SMILES string of the molecule is O=C(C=Cc1ccccc1OCC(O)CN1CCC(c2cc3ccccc3s2)CC1)N1CCOCC1. The van der Waals surface area contributed by atoms with Gasteiger partial charge in [-0.05, 0) is 61.5 Å². The predicted molar refractivity (Wildman–Crippen MR) is 145 cm³/mol. The van der Waals surface area contributed by atoms with Crippen LogP contribution in [0.2, 0.25) is 0 Å². The number of aliphatic hydroxyl groups excluding tert-OH is 1. The number of β-amino-alcohol motifs (C(OH)–C–C–N with tert-alkyl or cyclic N) is 1. The summed E-state index contributed by atoms with van der Waals surface area (Å²) >= 11 is 1.92. The summed E-state index contributed by atoms with van der Waals surface area (Å²) in [6.07, 6.45) is 5.04. The Bertz CT molecular complexity index is 1150. The molecule has 3 heterocycles. The maximum atomic E-state index is 12.4. The molecule has 0 bridgehead atoms. The molecule has 2 aromatic carbocycles. The van der Waals surface area contributed by atoms with Crippen molar-refractivity contribution < 1.29 is 19.4 Å². The molecular formula is C29H34N2O4S. The maximum absolute atomic E-state index is 12.4. The highest BCUT2D eigenvalue weighted by molar-refractivity contribution is 7.19. The molecule has 1 atom stereocenters. The van der Waals surface area contributed by atoms with Gasteiger partial charge >= 0.3 is 0 Å². The second-order valence-electron chi connectivity index (χ2n) is 9.54. The number of piperidine rings is 1. The van der Waals surface area contributed by atoms with Gasteiger partial charge < -0.3 is 24.4 Å². The fraction of sp³-hybridized carbons (Fsp3) is 0.414. The Morgan fingerprint density at radius 2 is 1.83 bits per heavy atom. The van der Waals surface area contributed by atoms with Gasteiger partial charge in [-0.25, -0.2) is 0 Å². The molecule has 36 heavy (non-hydrogen) atoms. The zero-order valence-corrected chi connectivity index (χ0v) is 21.4. The molecule has 2 fully saturated rings. The number of nitrogens with zero attached hydrogens (tertiary/aromatic N) is 2. The number of thiophene rings is 1. The largest absolute Gasteiger partial charge is 0.490 e. The molecular weight excluding hydrogens is 472 g/mol. The molecule has 0 spiro atoms. The number of fused-ring (bicyclic) bond motifs is 1. The van der Waals surface area contributed by atoms with E-state index < -0.39 is 6.10 Å². The number of benzene rings is 2. The molecule has 0 saturated carbocycles. The number of morpholine rings is 1. The lowest BCUT2D eigenvalue weighted by Gasteiger charge is -2.32. The standard InChI is InChI=1S/C29H34N2O4S/c32-25(20-30-13-11-23(12-14-30)28-19-24-6-2-4-8-27(24)36-28)21-35-26-7-3-1-5-22(26)9-10-29(33)31-15-17-34-18-16-31/h1-10,19,23,25,32H,11-18,20-21H2. The minimum atomic E-state index is -0.571. The van der Waals surface area contributed by atoms with Gasteiger partial charge in [-0.15, -0.1) is 11.3 Å². The van der Waals surface area contributed by atoms with Gasteiger partial charge in [0.15, 0.2) is 0 Å². The van der Waals surface area contributed by atoms with Crippen LogP contribution in [0.5, 0.6) is 5.75 Å². The minimum absolute atomic E-state index is 0.0211. The van der Waals surface area contributed by atoms with Gasteiger partial charge in [0, 0.05) is 40.9 Å². The first-order valence-corrected chi connectivity index (χ1v) is 13.6. The van der Waals surface area contributed by atoms with Crippen molar-refractivity contribution in [1.82, 2.24) is 9.80 Å². The molecule has 0 aliphatic carbocycles. The van der Waals surface area contributed by atoms with Crippen LogP contribution >= 0.6 is 11.3 Å². The van der Waals surface area contributed by atoms with Crippen LogP contribution in [-0.4, -0.2) is 79.5 Å². The number of hydrogen-bond donors (Lipinski definition) is 1. The number of carbonyl (C=O) groups is 1. The Morgan fingerprint density at radius 3 is 2.64 bits per heavy atom. The third kappa shape index (κ3) is 6.34. The van der Waals surface area contributed by atoms with E-state index in [2.05, 4.69) is 35.2 Å². The topological polar surface area (TPSA) is 62.2 Å². The highest BCUT2D eigenvalue weighted by atomic mass is 32.1. The van der Waals surface area contributed by atoms with E-state index in [0.29, 0.717) is 44.5 Å². The molecule has 1 unspecified atom stereocenters. The van der Waals surface area contributed by atoms with Gasteiger partial charge in [0.1, 0.15) is 18.5 Å². The van der Waals surface area contributed by atoms with Gasteiger partial charge in [-0.2, -0.15) is 0 Å². The predicted octanol–water partition coefficient (Wildman–Crippen LogP) is 4.39. The van der Waals surface area contributed by atoms with E-state index in [1.165, 1.54) is 15.0 Å². The lowest BCUT2D eigenvalue weighted by molar-refractivity contribution is -0.129. The van der Waals surface area contributed by atoms with Crippen molar-refractivity contribution in [3.8, 4) is 5.75 Å². The third-order valence-corrected chi connectivity index (χ3v) is 8.26. The fourth-order valence-electron chi connectivity index (χ4n) is 4.94. The van der Waals surface area contributed by atoms with Gasteiger partial charge in [0.25, 0.3) is 0 Å². The summed E-state index contributed by atoms with van der Waals surface area (Å²) in [4.78, 5) is 18.0. The number of rotatable bonds is 8. The Hall–Kier alpha value is -2.71. The summed E-state index contributed by atoms with van der Waals surface area (Å²) < 4.78 is 12.6. The van der Waals surface area contributed by atoms with Crippen LogP contribution in [0, 0.1) is 0 Å². The molecule has 7 heteroatoms. The Kier molecular flexibility index (Phi) is 8.33. The van der Waals surface area contributed by atoms with Crippen LogP contribution in [0.4, 0.5) is 0 Å². The first-order chi connectivity index (χ1) is 17.7. The summed E-state index contributed by atoms with van der Waals surface area (Å²) in [6, 6.07) is 18.6. The highest BCUT2D eigenvalue weighted by Gasteiger charge is 2.24. The first-order valence-electron chi connectivity index (χ1n) is 12.8. The number of aliphatic hydroxyl groups is 1. The molecule has 2 aliphatic heterocycles. The molecule has 5 rings (SSSR count). The summed E-state index contributed by atoms with van der Waals surface area (Å²) in [7, 11) is 0. The number of ether oxygens (including phenoxy) is 2. The Morgan fingerprint density at radius 1 is 1.08 bits per heavy atom. The lowest BCUT2D eigenvalue weighted by Crippen LogP contribution is -2.40. The zero-order valence-electron chi connectivity index (χ0n) is 20.6. The molecule has 1 N–H and O–H groups in total. The van der Waals surface area contributed by atoms with Crippen LogP contribution in [-0.2, 0) is 9.53 Å². The quantitative estimate of drug-likeness (QED) is 0.459. The average Bonchev–Trinajstić information content (AvgIpc) is 3.36. The van der Waals surface area contributed by atoms with Crippen LogP contribution in [0.3, 0.4) is 0 Å². The molecule has 3 aromatic rings. The zero-order chi connectivity index (χ0) is 24.7. The van der Waals surface area contributed by atoms with E-state index in [1.807, 2.05) is 35.6 Å². The van der Waals surface area contributed by atoms with E-state index in [4.69, 9.17) is 9.47 Å². The van der Waals surface area contributed by atoms with Crippen molar-refractivity contribution in [2.24, 2.45) is 0 Å². The van der Waals surface area contributed by atoms with Crippen molar-refractivity contribution >= 4 is 33.4 Å². The molecule has 0 radical (unpaired) electrons. The van der Waals surface area contributed by atoms with Crippen molar-refractivity contribution in [2.75, 3.05) is 52.5 Å². The number of carbonyl (C=O) groups excluding carboxylic acids is 1. The molecule has 2 aliphatic rings. The Balaban J connectivity index is 1.09. The van der Waals surface area contributed by atoms with Crippen molar-refractivity contribution in [2.45, 2.75) is 24.9 Å².